The summed E-state index contributed by atoms with van der Waals surface area (Å²) in [5.74, 6) is 0.895. The second kappa shape index (κ2) is 10.9. The predicted molar refractivity (Wildman–Crippen MR) is 130 cm³/mol. The molecule has 2 heterocycles. The summed E-state index contributed by atoms with van der Waals surface area (Å²) in [5, 5.41) is 55.8. The first-order valence-electron chi connectivity index (χ1n) is 11.7. The summed E-state index contributed by atoms with van der Waals surface area (Å²) >= 11 is 0. The van der Waals surface area contributed by atoms with Crippen molar-refractivity contribution < 1.29 is 39.7 Å². The summed E-state index contributed by atoms with van der Waals surface area (Å²) in [6.07, 6.45) is -6.85. The van der Waals surface area contributed by atoms with Gasteiger partial charge in [-0.15, -0.1) is 5.10 Å². The molecule has 1 saturated heterocycles. The van der Waals surface area contributed by atoms with E-state index in [-0.39, 0.29) is 17.7 Å². The van der Waals surface area contributed by atoms with Crippen LogP contribution in [0.1, 0.15) is 31.0 Å². The molecule has 10 nitrogen and oxygen atoms in total. The highest BCUT2D eigenvalue weighted by molar-refractivity contribution is 5.72. The van der Waals surface area contributed by atoms with Gasteiger partial charge in [-0.2, -0.15) is 0 Å². The van der Waals surface area contributed by atoms with Crippen LogP contribution in [0.5, 0.6) is 17.4 Å². The van der Waals surface area contributed by atoms with Gasteiger partial charge in [-0.25, -0.2) is 0 Å². The van der Waals surface area contributed by atoms with Gasteiger partial charge in [0, 0.05) is 23.6 Å². The van der Waals surface area contributed by atoms with Crippen molar-refractivity contribution >= 4 is 0 Å². The maximum Gasteiger partial charge on any atom is 0.239 e. The van der Waals surface area contributed by atoms with Crippen LogP contribution in [0.2, 0.25) is 0 Å². The molecule has 10 heteroatoms. The number of phenolic OH excluding ortho intramolecular Hbond substituents is 1. The quantitative estimate of drug-likeness (QED) is 0.311. The maximum absolute atomic E-state index is 10.7. The van der Waals surface area contributed by atoms with E-state index in [0.29, 0.717) is 29.0 Å². The lowest BCUT2D eigenvalue weighted by Crippen LogP contribution is -2.60. The zero-order valence-electron chi connectivity index (χ0n) is 20.4. The van der Waals surface area contributed by atoms with E-state index in [9.17, 15) is 25.5 Å². The average molecular weight is 501 g/mol. The molecule has 194 valence electrons. The number of phenols is 1. The molecule has 0 bridgehead atoms. The molecule has 1 aromatic heterocycles. The third-order valence-electron chi connectivity index (χ3n) is 6.24. The van der Waals surface area contributed by atoms with Crippen molar-refractivity contribution in [3.05, 3.63) is 59.7 Å². The molecule has 2 aromatic carbocycles. The molecule has 0 spiro atoms. The van der Waals surface area contributed by atoms with Gasteiger partial charge >= 0.3 is 0 Å². The third kappa shape index (κ3) is 5.04. The number of ether oxygens (including phenoxy) is 3. The summed E-state index contributed by atoms with van der Waals surface area (Å²) in [5.41, 5.74) is 2.70. The van der Waals surface area contributed by atoms with E-state index in [0.717, 1.165) is 5.56 Å². The van der Waals surface area contributed by atoms with Gasteiger partial charge in [-0.1, -0.05) is 24.3 Å². The zero-order chi connectivity index (χ0) is 26.0. The van der Waals surface area contributed by atoms with Crippen LogP contribution in [0, 0.1) is 0 Å². The van der Waals surface area contributed by atoms with Gasteiger partial charge in [0.2, 0.25) is 12.2 Å². The largest absolute Gasteiger partial charge is 0.507 e. The number of nitrogens with zero attached hydrogens (tertiary/aromatic N) is 2. The minimum atomic E-state index is -1.59. The van der Waals surface area contributed by atoms with Crippen molar-refractivity contribution in [1.29, 1.82) is 0 Å². The number of aliphatic hydroxyl groups excluding tert-OH is 4. The van der Waals surface area contributed by atoms with Crippen molar-refractivity contribution in [2.24, 2.45) is 0 Å². The molecule has 0 amide bonds. The first kappa shape index (κ1) is 25.9. The first-order chi connectivity index (χ1) is 17.2. The molecule has 4 rings (SSSR count). The maximum atomic E-state index is 10.7. The van der Waals surface area contributed by atoms with E-state index in [1.54, 1.807) is 30.0 Å². The van der Waals surface area contributed by atoms with Crippen molar-refractivity contribution in [3.63, 3.8) is 0 Å². The summed E-state index contributed by atoms with van der Waals surface area (Å²) in [6, 6.07) is 14.2. The topological polar surface area (TPSA) is 147 Å². The Labute approximate surface area is 208 Å². The molecule has 3 aromatic rings. The van der Waals surface area contributed by atoms with Crippen molar-refractivity contribution in [3.8, 4) is 28.6 Å². The van der Waals surface area contributed by atoms with E-state index >= 15 is 0 Å². The molecular weight excluding hydrogens is 468 g/mol. The first-order valence-corrected chi connectivity index (χ1v) is 11.7. The average Bonchev–Trinajstić information content (AvgIpc) is 3.22. The van der Waals surface area contributed by atoms with Crippen molar-refractivity contribution in [2.75, 3.05) is 13.7 Å². The molecule has 0 unspecified atom stereocenters. The second-order valence-corrected chi connectivity index (χ2v) is 9.03. The Balaban J connectivity index is 1.81. The van der Waals surface area contributed by atoms with Gasteiger partial charge in [0.05, 0.1) is 19.4 Å². The van der Waals surface area contributed by atoms with Crippen LogP contribution >= 0.6 is 0 Å². The van der Waals surface area contributed by atoms with Crippen molar-refractivity contribution in [2.45, 2.75) is 57.0 Å². The number of methoxy groups -OCH3 is 1. The van der Waals surface area contributed by atoms with Crippen LogP contribution in [-0.2, 0) is 11.2 Å². The highest BCUT2D eigenvalue weighted by Gasteiger charge is 2.45. The molecule has 1 aliphatic heterocycles. The van der Waals surface area contributed by atoms with E-state index < -0.39 is 37.3 Å². The monoisotopic (exact) mass is 500 g/mol. The van der Waals surface area contributed by atoms with Crippen LogP contribution in [0.4, 0.5) is 0 Å². The minimum absolute atomic E-state index is 0.0645. The van der Waals surface area contributed by atoms with Gasteiger partial charge in [0.25, 0.3) is 0 Å². The Hall–Kier alpha value is -3.15. The number of aromatic nitrogens is 2. The molecule has 0 radical (unpaired) electrons. The number of para-hydroxylation sites is 1. The van der Waals surface area contributed by atoms with Gasteiger partial charge in [-0.05, 0) is 43.7 Å². The molecule has 1 aliphatic rings. The Bertz CT molecular complexity index is 1160. The lowest BCUT2D eigenvalue weighted by molar-refractivity contribution is -0.278. The van der Waals surface area contributed by atoms with Crippen LogP contribution in [0.15, 0.2) is 48.5 Å². The number of aromatic hydroxyl groups is 1. The summed E-state index contributed by atoms with van der Waals surface area (Å²) in [4.78, 5) is 0. The number of hydrogen-bond acceptors (Lipinski definition) is 9. The van der Waals surface area contributed by atoms with Crippen LogP contribution < -0.4 is 9.47 Å². The minimum Gasteiger partial charge on any atom is -0.507 e. The van der Waals surface area contributed by atoms with Gasteiger partial charge in [0.15, 0.2) is 0 Å². The summed E-state index contributed by atoms with van der Waals surface area (Å²) in [7, 11) is 1.59. The molecule has 36 heavy (non-hydrogen) atoms. The Morgan fingerprint density at radius 1 is 1.00 bits per heavy atom. The van der Waals surface area contributed by atoms with E-state index in [4.69, 9.17) is 14.2 Å². The van der Waals surface area contributed by atoms with E-state index in [2.05, 4.69) is 5.10 Å². The summed E-state index contributed by atoms with van der Waals surface area (Å²) < 4.78 is 18.5. The van der Waals surface area contributed by atoms with Crippen LogP contribution in [-0.4, -0.2) is 79.7 Å². The highest BCUT2D eigenvalue weighted by atomic mass is 16.7. The highest BCUT2D eigenvalue weighted by Crippen LogP contribution is 2.39. The molecule has 0 saturated carbocycles. The van der Waals surface area contributed by atoms with Crippen LogP contribution in [0.3, 0.4) is 0 Å². The third-order valence-corrected chi connectivity index (χ3v) is 6.24. The SMILES string of the molecule is COc1ccc(Cc2c(O[C@@H]3O[C@H](CO)[C@@H](O)[C@H](O)[C@H]3O)nn(C(C)C)c2-c2ccccc2O)cc1. The van der Waals surface area contributed by atoms with E-state index in [1.807, 2.05) is 44.2 Å². The second-order valence-electron chi connectivity index (χ2n) is 9.03. The van der Waals surface area contributed by atoms with Gasteiger partial charge < -0.3 is 39.7 Å². The number of rotatable bonds is 8. The molecule has 5 atom stereocenters. The van der Waals surface area contributed by atoms with Gasteiger partial charge in [-0.3, -0.25) is 4.68 Å². The molecular formula is C26H32N2O8. The molecule has 1 fully saturated rings. The Morgan fingerprint density at radius 2 is 1.69 bits per heavy atom. The fourth-order valence-electron chi connectivity index (χ4n) is 4.26. The fourth-order valence-corrected chi connectivity index (χ4v) is 4.26. The van der Waals surface area contributed by atoms with E-state index in [1.165, 1.54) is 0 Å². The number of hydrogen-bond donors (Lipinski definition) is 5. The predicted octanol–water partition coefficient (Wildman–Crippen LogP) is 1.61. The van der Waals surface area contributed by atoms with Crippen LogP contribution in [0.25, 0.3) is 11.3 Å². The standard InChI is InChI=1S/C26H32N2O8/c1-14(2)28-21(17-6-4-5-7-19(17)30)18(12-15-8-10-16(34-3)11-9-15)25(27-28)36-26-24(33)23(32)22(31)20(13-29)35-26/h4-11,14,20,22-24,26,29-33H,12-13H2,1-3H3/t20-,22-,23+,24-,26+/m1/s1. The lowest BCUT2D eigenvalue weighted by atomic mass is 9.99. The fraction of sp³-hybridized carbons (Fsp3) is 0.423. The zero-order valence-corrected chi connectivity index (χ0v) is 20.4. The number of aliphatic hydroxyl groups is 4. The number of benzene rings is 2. The van der Waals surface area contributed by atoms with Gasteiger partial charge in [0.1, 0.15) is 35.9 Å². The summed E-state index contributed by atoms with van der Waals surface area (Å²) in [6.45, 7) is 3.30. The molecule has 5 N–H and O–H groups in total. The lowest BCUT2D eigenvalue weighted by Gasteiger charge is -2.39. The van der Waals surface area contributed by atoms with Crippen molar-refractivity contribution in [1.82, 2.24) is 9.78 Å². The Kier molecular flexibility index (Phi) is 7.82. The normalized spacial score (nSPS) is 24.2. The smallest absolute Gasteiger partial charge is 0.239 e. The molecule has 0 aliphatic carbocycles. The Morgan fingerprint density at radius 3 is 2.31 bits per heavy atom.